The fourth-order valence-corrected chi connectivity index (χ4v) is 2.07. The molecular formula is C19H22FNO2. The maximum Gasteiger partial charge on any atom is 0.265 e. The van der Waals surface area contributed by atoms with Gasteiger partial charge in [-0.1, -0.05) is 32.9 Å². The lowest BCUT2D eigenvalue weighted by Gasteiger charge is -2.20. The Bertz CT molecular complexity index is 657. The Morgan fingerprint density at radius 1 is 1.04 bits per heavy atom. The Hall–Kier alpha value is -2.36. The highest BCUT2D eigenvalue weighted by atomic mass is 19.1. The number of benzene rings is 2. The number of amides is 1. The molecule has 122 valence electrons. The Balaban J connectivity index is 1.96. The predicted molar refractivity (Wildman–Crippen MR) is 90.3 cm³/mol. The van der Waals surface area contributed by atoms with E-state index >= 15 is 0 Å². The van der Waals surface area contributed by atoms with Crippen molar-refractivity contribution in [1.29, 1.82) is 0 Å². The van der Waals surface area contributed by atoms with Gasteiger partial charge >= 0.3 is 0 Å². The van der Waals surface area contributed by atoms with Gasteiger partial charge in [-0.3, -0.25) is 4.79 Å². The number of carbonyl (C=O) groups excluding carboxylic acids is 1. The van der Waals surface area contributed by atoms with Crippen LogP contribution in [0.4, 0.5) is 10.1 Å². The highest BCUT2D eigenvalue weighted by Gasteiger charge is 2.16. The van der Waals surface area contributed by atoms with E-state index in [1.165, 1.54) is 29.8 Å². The molecule has 1 atom stereocenters. The molecular weight excluding hydrogens is 293 g/mol. The summed E-state index contributed by atoms with van der Waals surface area (Å²) >= 11 is 0. The molecule has 0 spiro atoms. The van der Waals surface area contributed by atoms with Gasteiger partial charge in [0.15, 0.2) is 6.10 Å². The van der Waals surface area contributed by atoms with E-state index in [0.717, 1.165) is 0 Å². The molecule has 0 aliphatic rings. The van der Waals surface area contributed by atoms with Gasteiger partial charge in [0, 0.05) is 5.69 Å². The van der Waals surface area contributed by atoms with Crippen LogP contribution >= 0.6 is 0 Å². The lowest BCUT2D eigenvalue weighted by atomic mass is 9.87. The molecule has 4 heteroatoms. The lowest BCUT2D eigenvalue weighted by Crippen LogP contribution is -2.30. The summed E-state index contributed by atoms with van der Waals surface area (Å²) < 4.78 is 18.5. The Labute approximate surface area is 136 Å². The van der Waals surface area contributed by atoms with Crippen LogP contribution < -0.4 is 10.1 Å². The van der Waals surface area contributed by atoms with Crippen LogP contribution in [0.3, 0.4) is 0 Å². The van der Waals surface area contributed by atoms with Crippen molar-refractivity contribution in [3.8, 4) is 5.75 Å². The highest BCUT2D eigenvalue weighted by Crippen LogP contribution is 2.24. The van der Waals surface area contributed by atoms with Crippen molar-refractivity contribution in [1.82, 2.24) is 0 Å². The fraction of sp³-hybridized carbons (Fsp3) is 0.316. The number of nitrogens with one attached hydrogen (secondary N) is 1. The minimum absolute atomic E-state index is 0.0735. The third-order valence-corrected chi connectivity index (χ3v) is 3.51. The van der Waals surface area contributed by atoms with E-state index in [9.17, 15) is 9.18 Å². The summed E-state index contributed by atoms with van der Waals surface area (Å²) in [5, 5.41) is 2.69. The third kappa shape index (κ3) is 4.81. The number of carbonyl (C=O) groups is 1. The zero-order valence-electron chi connectivity index (χ0n) is 13.9. The van der Waals surface area contributed by atoms with Crippen molar-refractivity contribution in [2.24, 2.45) is 0 Å². The first-order valence-electron chi connectivity index (χ1n) is 7.59. The van der Waals surface area contributed by atoms with Crippen molar-refractivity contribution in [2.75, 3.05) is 5.32 Å². The monoisotopic (exact) mass is 315 g/mol. The van der Waals surface area contributed by atoms with Crippen LogP contribution in [0.1, 0.15) is 33.3 Å². The smallest absolute Gasteiger partial charge is 0.265 e. The van der Waals surface area contributed by atoms with Gasteiger partial charge < -0.3 is 10.1 Å². The molecule has 1 N–H and O–H groups in total. The van der Waals surface area contributed by atoms with Crippen LogP contribution in [0.2, 0.25) is 0 Å². The zero-order chi connectivity index (χ0) is 17.0. The van der Waals surface area contributed by atoms with Gasteiger partial charge in [0.25, 0.3) is 5.91 Å². The van der Waals surface area contributed by atoms with E-state index in [0.29, 0.717) is 11.4 Å². The Morgan fingerprint density at radius 2 is 1.61 bits per heavy atom. The second-order valence-corrected chi connectivity index (χ2v) is 6.53. The van der Waals surface area contributed by atoms with Gasteiger partial charge in [-0.05, 0) is 54.3 Å². The van der Waals surface area contributed by atoms with Gasteiger partial charge in [0.1, 0.15) is 11.6 Å². The summed E-state index contributed by atoms with van der Waals surface area (Å²) in [6.07, 6.45) is -0.652. The first-order chi connectivity index (χ1) is 10.8. The van der Waals surface area contributed by atoms with Crippen LogP contribution in [0, 0.1) is 5.82 Å². The van der Waals surface area contributed by atoms with E-state index < -0.39 is 6.10 Å². The van der Waals surface area contributed by atoms with Crippen molar-refractivity contribution in [3.63, 3.8) is 0 Å². The molecule has 2 aromatic rings. The lowest BCUT2D eigenvalue weighted by molar-refractivity contribution is -0.122. The van der Waals surface area contributed by atoms with Crippen LogP contribution in [0.25, 0.3) is 0 Å². The molecule has 0 aliphatic carbocycles. The molecule has 3 nitrogen and oxygen atoms in total. The zero-order valence-corrected chi connectivity index (χ0v) is 13.9. The Kier molecular flexibility index (Phi) is 5.04. The van der Waals surface area contributed by atoms with Crippen molar-refractivity contribution < 1.29 is 13.9 Å². The summed E-state index contributed by atoms with van der Waals surface area (Å²) in [6, 6.07) is 13.3. The molecule has 1 amide bonds. The minimum Gasteiger partial charge on any atom is -0.481 e. The molecule has 0 heterocycles. The highest BCUT2D eigenvalue weighted by molar-refractivity contribution is 5.94. The number of anilines is 1. The molecule has 0 aromatic heterocycles. The Morgan fingerprint density at radius 3 is 2.13 bits per heavy atom. The summed E-state index contributed by atoms with van der Waals surface area (Å²) in [7, 11) is 0. The molecule has 2 aromatic carbocycles. The average Bonchev–Trinajstić information content (AvgIpc) is 2.49. The molecule has 0 unspecified atom stereocenters. The van der Waals surface area contributed by atoms with Gasteiger partial charge in [-0.25, -0.2) is 4.39 Å². The summed E-state index contributed by atoms with van der Waals surface area (Å²) in [4.78, 5) is 12.1. The quantitative estimate of drug-likeness (QED) is 0.900. The van der Waals surface area contributed by atoms with Gasteiger partial charge in [0.05, 0.1) is 0 Å². The maximum absolute atomic E-state index is 12.8. The van der Waals surface area contributed by atoms with E-state index in [-0.39, 0.29) is 17.1 Å². The minimum atomic E-state index is -0.652. The number of halogens is 1. The maximum atomic E-state index is 12.8. The first-order valence-corrected chi connectivity index (χ1v) is 7.59. The largest absolute Gasteiger partial charge is 0.481 e. The average molecular weight is 315 g/mol. The summed E-state index contributed by atoms with van der Waals surface area (Å²) in [5.41, 5.74) is 1.81. The summed E-state index contributed by atoms with van der Waals surface area (Å²) in [6.45, 7) is 8.10. The van der Waals surface area contributed by atoms with Crippen molar-refractivity contribution in [2.45, 2.75) is 39.2 Å². The van der Waals surface area contributed by atoms with Crippen molar-refractivity contribution in [3.05, 3.63) is 59.9 Å². The molecule has 2 rings (SSSR count). The SMILES string of the molecule is C[C@@H](Oc1ccc(C(C)(C)C)cc1)C(=O)Nc1ccc(F)cc1. The van der Waals surface area contributed by atoms with E-state index in [1.807, 2.05) is 24.3 Å². The molecule has 0 fully saturated rings. The van der Waals surface area contributed by atoms with E-state index in [4.69, 9.17) is 4.74 Å². The number of rotatable bonds is 4. The standard InChI is InChI=1S/C19H22FNO2/c1-13(18(22)21-16-9-7-15(20)8-10-16)23-17-11-5-14(6-12-17)19(2,3)4/h5-13H,1-4H3,(H,21,22)/t13-/m1/s1. The molecule has 0 saturated carbocycles. The molecule has 0 saturated heterocycles. The van der Waals surface area contributed by atoms with Crippen LogP contribution in [0.5, 0.6) is 5.75 Å². The first kappa shape index (κ1) is 17.0. The van der Waals surface area contributed by atoms with Gasteiger partial charge in [-0.15, -0.1) is 0 Å². The number of hydrogen-bond donors (Lipinski definition) is 1. The van der Waals surface area contributed by atoms with Crippen LogP contribution in [-0.2, 0) is 10.2 Å². The number of ether oxygens (including phenoxy) is 1. The summed E-state index contributed by atoms with van der Waals surface area (Å²) in [5.74, 6) is 0.0162. The van der Waals surface area contributed by atoms with Crippen LogP contribution in [0.15, 0.2) is 48.5 Å². The van der Waals surface area contributed by atoms with Gasteiger partial charge in [0.2, 0.25) is 0 Å². The molecule has 0 radical (unpaired) electrons. The van der Waals surface area contributed by atoms with E-state index in [2.05, 4.69) is 26.1 Å². The van der Waals surface area contributed by atoms with Gasteiger partial charge in [-0.2, -0.15) is 0 Å². The van der Waals surface area contributed by atoms with E-state index in [1.54, 1.807) is 6.92 Å². The molecule has 0 bridgehead atoms. The second kappa shape index (κ2) is 6.82. The van der Waals surface area contributed by atoms with Crippen LogP contribution in [-0.4, -0.2) is 12.0 Å². The number of hydrogen-bond acceptors (Lipinski definition) is 2. The van der Waals surface area contributed by atoms with Crippen molar-refractivity contribution >= 4 is 11.6 Å². The third-order valence-electron chi connectivity index (χ3n) is 3.51. The molecule has 0 aliphatic heterocycles. The predicted octanol–water partition coefficient (Wildman–Crippen LogP) is 4.53. The normalized spacial score (nSPS) is 12.6. The second-order valence-electron chi connectivity index (χ2n) is 6.53. The topological polar surface area (TPSA) is 38.3 Å². The fourth-order valence-electron chi connectivity index (χ4n) is 2.07. The molecule has 23 heavy (non-hydrogen) atoms.